The minimum atomic E-state index is -0.735. The van der Waals surface area contributed by atoms with Crippen molar-refractivity contribution in [2.75, 3.05) is 0 Å². The molecule has 0 saturated heterocycles. The highest BCUT2D eigenvalue weighted by Gasteiger charge is 2.42. The quantitative estimate of drug-likeness (QED) is 0.854. The molecule has 0 amide bonds. The van der Waals surface area contributed by atoms with Gasteiger partial charge in [-0.3, -0.25) is 0 Å². The normalized spacial score (nSPS) is 23.6. The van der Waals surface area contributed by atoms with Gasteiger partial charge in [-0.05, 0) is 29.5 Å². The van der Waals surface area contributed by atoms with Gasteiger partial charge >= 0.3 is 0 Å². The Hall–Kier alpha value is -1.09. The van der Waals surface area contributed by atoms with Gasteiger partial charge < -0.3 is 4.98 Å². The predicted molar refractivity (Wildman–Crippen MR) is 67.4 cm³/mol. The van der Waals surface area contributed by atoms with E-state index in [-0.39, 0.29) is 5.92 Å². The molecule has 1 aromatic carbocycles. The number of halogens is 2. The van der Waals surface area contributed by atoms with Crippen LogP contribution in [0.2, 0.25) is 5.02 Å². The van der Waals surface area contributed by atoms with E-state index in [0.717, 1.165) is 22.2 Å². The summed E-state index contributed by atoms with van der Waals surface area (Å²) in [7, 11) is 0. The summed E-state index contributed by atoms with van der Waals surface area (Å²) in [5.74, 6) is 0.267. The molecule has 2 aromatic rings. The number of hydrogen-bond donors (Lipinski definition) is 1. The zero-order valence-electron chi connectivity index (χ0n) is 9.80. The van der Waals surface area contributed by atoms with Crippen LogP contribution in [0.4, 0.5) is 4.39 Å². The van der Waals surface area contributed by atoms with Gasteiger partial charge in [-0.2, -0.15) is 0 Å². The van der Waals surface area contributed by atoms with E-state index in [4.69, 9.17) is 11.6 Å². The van der Waals surface area contributed by atoms with Crippen LogP contribution < -0.4 is 0 Å². The van der Waals surface area contributed by atoms with Gasteiger partial charge in [0.15, 0.2) is 0 Å². The summed E-state index contributed by atoms with van der Waals surface area (Å²) in [6.45, 7) is 4.19. The third-order valence-electron chi connectivity index (χ3n) is 3.40. The Morgan fingerprint density at radius 3 is 2.82 bits per heavy atom. The molecule has 2 atom stereocenters. The van der Waals surface area contributed by atoms with E-state index in [2.05, 4.69) is 23.8 Å². The zero-order chi connectivity index (χ0) is 12.2. The fourth-order valence-electron chi connectivity index (χ4n) is 2.51. The molecule has 1 aliphatic rings. The summed E-state index contributed by atoms with van der Waals surface area (Å²) >= 11 is 6.30. The number of H-pyrrole nitrogens is 1. The molecule has 3 rings (SSSR count). The molecule has 1 aromatic heterocycles. The number of hydrogen-bond acceptors (Lipinski definition) is 1. The van der Waals surface area contributed by atoms with Crippen LogP contribution in [0.15, 0.2) is 12.4 Å². The highest BCUT2D eigenvalue weighted by Crippen LogP contribution is 2.50. The van der Waals surface area contributed by atoms with Crippen molar-refractivity contribution in [2.24, 2.45) is 0 Å². The minimum absolute atomic E-state index is 0.0269. The highest BCUT2D eigenvalue weighted by molar-refractivity contribution is 6.32. The number of fused-ring (bicyclic) bond motifs is 1. The number of imidazole rings is 1. The van der Waals surface area contributed by atoms with E-state index in [9.17, 15) is 4.39 Å². The van der Waals surface area contributed by atoms with Crippen LogP contribution in [0.1, 0.15) is 43.2 Å². The Bertz CT molecular complexity index is 576. The monoisotopic (exact) mass is 252 g/mol. The molecule has 1 fully saturated rings. The molecular formula is C13H14ClFN2. The highest BCUT2D eigenvalue weighted by atomic mass is 35.5. The number of nitrogens with zero attached hydrogens (tertiary/aromatic N) is 1. The minimum Gasteiger partial charge on any atom is -0.345 e. The first-order valence-electron chi connectivity index (χ1n) is 5.89. The molecule has 0 aliphatic heterocycles. The van der Waals surface area contributed by atoms with Gasteiger partial charge in [-0.1, -0.05) is 25.4 Å². The molecule has 0 bridgehead atoms. The van der Waals surface area contributed by atoms with E-state index < -0.39 is 6.17 Å². The molecular weight excluding hydrogens is 239 g/mol. The molecule has 2 nitrogen and oxygen atoms in total. The van der Waals surface area contributed by atoms with Crippen LogP contribution in [0.3, 0.4) is 0 Å². The lowest BCUT2D eigenvalue weighted by atomic mass is 9.93. The van der Waals surface area contributed by atoms with Gasteiger partial charge in [0.2, 0.25) is 0 Å². The van der Waals surface area contributed by atoms with Gasteiger partial charge in [-0.15, -0.1) is 0 Å². The summed E-state index contributed by atoms with van der Waals surface area (Å²) in [4.78, 5) is 7.40. The van der Waals surface area contributed by atoms with E-state index in [1.54, 1.807) is 6.33 Å². The number of rotatable bonds is 2. The Morgan fingerprint density at radius 2 is 2.24 bits per heavy atom. The Morgan fingerprint density at radius 1 is 1.53 bits per heavy atom. The van der Waals surface area contributed by atoms with E-state index in [1.165, 1.54) is 0 Å². The summed E-state index contributed by atoms with van der Waals surface area (Å²) < 4.78 is 13.3. The van der Waals surface area contributed by atoms with Gasteiger partial charge in [0.25, 0.3) is 0 Å². The number of nitrogens with one attached hydrogen (secondary N) is 1. The van der Waals surface area contributed by atoms with E-state index >= 15 is 0 Å². The van der Waals surface area contributed by atoms with Crippen LogP contribution in [0.25, 0.3) is 11.0 Å². The van der Waals surface area contributed by atoms with Crippen molar-refractivity contribution in [3.05, 3.63) is 28.5 Å². The predicted octanol–water partition coefficient (Wildman–Crippen LogP) is 4.17. The Kier molecular flexibility index (Phi) is 2.40. The lowest BCUT2D eigenvalue weighted by Crippen LogP contribution is -1.99. The van der Waals surface area contributed by atoms with Gasteiger partial charge in [-0.25, -0.2) is 9.37 Å². The van der Waals surface area contributed by atoms with E-state index in [0.29, 0.717) is 17.4 Å². The second-order valence-corrected chi connectivity index (χ2v) is 5.40. The van der Waals surface area contributed by atoms with Crippen LogP contribution in [0, 0.1) is 0 Å². The fraction of sp³-hybridized carbons (Fsp3) is 0.462. The largest absolute Gasteiger partial charge is 0.345 e. The summed E-state index contributed by atoms with van der Waals surface area (Å²) in [6, 6.07) is 1.86. The Labute approximate surface area is 104 Å². The number of aromatic nitrogens is 2. The fourth-order valence-corrected chi connectivity index (χ4v) is 2.86. The SMILES string of the molecule is CC(C)c1c(C2CC2F)c(Cl)cc2[nH]cnc12. The molecule has 17 heavy (non-hydrogen) atoms. The maximum atomic E-state index is 13.3. The second kappa shape index (κ2) is 3.70. The maximum absolute atomic E-state index is 13.3. The summed E-state index contributed by atoms with van der Waals surface area (Å²) in [5.41, 5.74) is 3.92. The lowest BCUT2D eigenvalue weighted by Gasteiger charge is -2.15. The molecule has 1 heterocycles. The molecule has 0 radical (unpaired) electrons. The molecule has 90 valence electrons. The third kappa shape index (κ3) is 1.64. The first-order valence-corrected chi connectivity index (χ1v) is 6.26. The maximum Gasteiger partial charge on any atom is 0.108 e. The standard InChI is InChI=1S/C13H14ClFN2/c1-6(2)11-12(7-3-9(7)15)8(14)4-10-13(11)17-5-16-10/h4-7,9H,3H2,1-2H3,(H,16,17). The number of benzene rings is 1. The number of alkyl halides is 1. The molecule has 1 N–H and O–H groups in total. The van der Waals surface area contributed by atoms with Crippen molar-refractivity contribution in [1.82, 2.24) is 9.97 Å². The molecule has 0 spiro atoms. The van der Waals surface area contributed by atoms with Crippen molar-refractivity contribution in [2.45, 2.75) is 38.3 Å². The van der Waals surface area contributed by atoms with Crippen LogP contribution >= 0.6 is 11.6 Å². The van der Waals surface area contributed by atoms with Crippen LogP contribution in [-0.2, 0) is 0 Å². The Balaban J connectivity index is 2.30. The molecule has 1 saturated carbocycles. The average Bonchev–Trinajstić information content (AvgIpc) is 2.79. The lowest BCUT2D eigenvalue weighted by molar-refractivity contribution is 0.467. The summed E-state index contributed by atoms with van der Waals surface area (Å²) in [6.07, 6.45) is 1.52. The van der Waals surface area contributed by atoms with E-state index in [1.807, 2.05) is 6.07 Å². The van der Waals surface area contributed by atoms with Crippen molar-refractivity contribution in [1.29, 1.82) is 0 Å². The van der Waals surface area contributed by atoms with Crippen molar-refractivity contribution in [3.8, 4) is 0 Å². The van der Waals surface area contributed by atoms with Crippen molar-refractivity contribution in [3.63, 3.8) is 0 Å². The van der Waals surface area contributed by atoms with Gasteiger partial charge in [0, 0.05) is 10.9 Å². The topological polar surface area (TPSA) is 28.7 Å². The van der Waals surface area contributed by atoms with Crippen LogP contribution in [-0.4, -0.2) is 16.1 Å². The van der Waals surface area contributed by atoms with Crippen molar-refractivity contribution >= 4 is 22.6 Å². The summed E-state index contributed by atoms with van der Waals surface area (Å²) in [5, 5.41) is 0.663. The third-order valence-corrected chi connectivity index (χ3v) is 3.72. The molecule has 1 aliphatic carbocycles. The molecule has 2 unspecified atom stereocenters. The van der Waals surface area contributed by atoms with Crippen molar-refractivity contribution < 1.29 is 4.39 Å². The van der Waals surface area contributed by atoms with Gasteiger partial charge in [0.1, 0.15) is 6.17 Å². The zero-order valence-corrected chi connectivity index (χ0v) is 10.6. The second-order valence-electron chi connectivity index (χ2n) is 5.00. The number of aromatic amines is 1. The average molecular weight is 253 g/mol. The van der Waals surface area contributed by atoms with Gasteiger partial charge in [0.05, 0.1) is 17.4 Å². The van der Waals surface area contributed by atoms with Crippen LogP contribution in [0.5, 0.6) is 0 Å². The first-order chi connectivity index (χ1) is 8.09. The first kappa shape index (κ1) is 11.0. The molecule has 4 heteroatoms. The smallest absolute Gasteiger partial charge is 0.108 e.